The highest BCUT2D eigenvalue weighted by atomic mass is 16.5. The van der Waals surface area contributed by atoms with E-state index in [2.05, 4.69) is 20.1 Å². The summed E-state index contributed by atoms with van der Waals surface area (Å²) in [5.41, 5.74) is 1.32. The highest BCUT2D eigenvalue weighted by Crippen LogP contribution is 2.11. The number of ether oxygens (including phenoxy) is 4. The molecule has 0 atom stereocenters. The van der Waals surface area contributed by atoms with E-state index in [1.165, 1.54) is 62.8 Å². The van der Waals surface area contributed by atoms with Crippen molar-refractivity contribution in [1.29, 1.82) is 0 Å². The van der Waals surface area contributed by atoms with E-state index in [9.17, 15) is 28.8 Å². The molecule has 2 amide bonds. The maximum atomic E-state index is 11.9. The van der Waals surface area contributed by atoms with Gasteiger partial charge in [0.2, 0.25) is 0 Å². The lowest BCUT2D eigenvalue weighted by Gasteiger charge is -2.06. The highest BCUT2D eigenvalue weighted by Gasteiger charge is 2.10. The quantitative estimate of drug-likeness (QED) is 0.279. The number of carbonyl (C=O) groups is 6. The van der Waals surface area contributed by atoms with Crippen LogP contribution < -0.4 is 10.6 Å². The molecule has 0 unspecified atom stereocenters. The van der Waals surface area contributed by atoms with E-state index >= 15 is 0 Å². The summed E-state index contributed by atoms with van der Waals surface area (Å²) >= 11 is 0. The summed E-state index contributed by atoms with van der Waals surface area (Å²) in [6.07, 6.45) is 1.48. The molecular formula is C24H22N2O10. The summed E-state index contributed by atoms with van der Waals surface area (Å²) < 4.78 is 18.6. The van der Waals surface area contributed by atoms with Crippen molar-refractivity contribution in [2.45, 2.75) is 0 Å². The molecule has 0 aromatic heterocycles. The first-order valence-electron chi connectivity index (χ1n) is 10.2. The molecule has 0 aliphatic carbocycles. The predicted octanol–water partition coefficient (Wildman–Crippen LogP) is 1.48. The van der Waals surface area contributed by atoms with Crippen LogP contribution in [0, 0.1) is 0 Å². The second-order valence-corrected chi connectivity index (χ2v) is 6.78. The van der Waals surface area contributed by atoms with E-state index in [-0.39, 0.29) is 0 Å². The van der Waals surface area contributed by atoms with Crippen LogP contribution in [0.2, 0.25) is 0 Å². The van der Waals surface area contributed by atoms with Gasteiger partial charge in [0.25, 0.3) is 11.8 Å². The Labute approximate surface area is 205 Å². The average molecular weight is 498 g/mol. The molecule has 0 spiro atoms. The van der Waals surface area contributed by atoms with Gasteiger partial charge in [-0.25, -0.2) is 19.2 Å². The maximum absolute atomic E-state index is 11.9. The van der Waals surface area contributed by atoms with Crippen LogP contribution in [0.3, 0.4) is 0 Å². The van der Waals surface area contributed by atoms with Gasteiger partial charge in [0.15, 0.2) is 13.2 Å². The Bertz CT molecular complexity index is 1060. The molecule has 12 heteroatoms. The molecule has 2 aromatic rings. The Balaban J connectivity index is 1.69. The molecule has 2 aromatic carbocycles. The van der Waals surface area contributed by atoms with Crippen molar-refractivity contribution >= 4 is 47.1 Å². The monoisotopic (exact) mass is 498 g/mol. The third-order valence-corrected chi connectivity index (χ3v) is 4.23. The van der Waals surface area contributed by atoms with Crippen LogP contribution in [0.25, 0.3) is 0 Å². The second kappa shape index (κ2) is 13.6. The van der Waals surface area contributed by atoms with Crippen LogP contribution in [-0.4, -0.2) is 63.1 Å². The topological polar surface area (TPSA) is 163 Å². The van der Waals surface area contributed by atoms with Gasteiger partial charge < -0.3 is 29.6 Å². The lowest BCUT2D eigenvalue weighted by atomic mass is 10.2. The number of rotatable bonds is 10. The van der Waals surface area contributed by atoms with Gasteiger partial charge in [-0.15, -0.1) is 0 Å². The minimum Gasteiger partial charge on any atom is -0.465 e. The maximum Gasteiger partial charge on any atom is 0.337 e. The van der Waals surface area contributed by atoms with Crippen molar-refractivity contribution in [2.24, 2.45) is 0 Å². The average Bonchev–Trinajstić information content (AvgIpc) is 2.89. The fraction of sp³-hybridized carbons (Fsp3) is 0.167. The Kier molecular flexibility index (Phi) is 10.3. The van der Waals surface area contributed by atoms with Crippen molar-refractivity contribution in [2.75, 3.05) is 38.1 Å². The lowest BCUT2D eigenvalue weighted by molar-refractivity contribution is -0.144. The standard InChI is InChI=1S/C24H22N2O10/c1-33-23(31)15-3-7-17(8-4-15)25-19(27)13-35-21(29)11-12-22(30)36-14-20(28)26-18-9-5-16(6-10-18)24(32)34-2/h3-12H,13-14H2,1-2H3,(H,25,27)(H,26,28)/b12-11+. The summed E-state index contributed by atoms with van der Waals surface area (Å²) in [6.45, 7) is -1.26. The van der Waals surface area contributed by atoms with Crippen LogP contribution in [-0.2, 0) is 38.1 Å². The van der Waals surface area contributed by atoms with Gasteiger partial charge in [0, 0.05) is 23.5 Å². The fourth-order valence-electron chi connectivity index (χ4n) is 2.51. The number of carbonyl (C=O) groups excluding carboxylic acids is 6. The minimum atomic E-state index is -0.988. The zero-order chi connectivity index (χ0) is 26.5. The second-order valence-electron chi connectivity index (χ2n) is 6.78. The van der Waals surface area contributed by atoms with Gasteiger partial charge >= 0.3 is 23.9 Å². The molecule has 12 nitrogen and oxygen atoms in total. The molecule has 0 saturated carbocycles. The normalized spacial score (nSPS) is 10.2. The number of nitrogens with one attached hydrogen (secondary N) is 2. The number of amides is 2. The zero-order valence-electron chi connectivity index (χ0n) is 19.3. The van der Waals surface area contributed by atoms with E-state index < -0.39 is 48.9 Å². The van der Waals surface area contributed by atoms with Crippen LogP contribution in [0.5, 0.6) is 0 Å². The molecule has 0 aliphatic rings. The van der Waals surface area contributed by atoms with Gasteiger partial charge in [-0.3, -0.25) is 9.59 Å². The van der Waals surface area contributed by atoms with Crippen LogP contribution in [0.4, 0.5) is 11.4 Å². The number of benzene rings is 2. The summed E-state index contributed by atoms with van der Waals surface area (Å²) in [6, 6.07) is 11.7. The first kappa shape index (κ1) is 27.2. The smallest absolute Gasteiger partial charge is 0.337 e. The zero-order valence-corrected chi connectivity index (χ0v) is 19.3. The summed E-state index contributed by atoms with van der Waals surface area (Å²) in [5.74, 6) is -4.33. The molecule has 2 N–H and O–H groups in total. The molecule has 0 heterocycles. The van der Waals surface area contributed by atoms with E-state index in [4.69, 9.17) is 9.47 Å². The summed E-state index contributed by atoms with van der Waals surface area (Å²) in [4.78, 5) is 69.8. The van der Waals surface area contributed by atoms with Crippen LogP contribution >= 0.6 is 0 Å². The number of esters is 4. The molecule has 0 fully saturated rings. The van der Waals surface area contributed by atoms with Gasteiger partial charge in [0.1, 0.15) is 0 Å². The Morgan fingerprint density at radius 1 is 0.611 bits per heavy atom. The first-order valence-corrected chi connectivity index (χ1v) is 10.2. The minimum absolute atomic E-state index is 0.297. The third-order valence-electron chi connectivity index (χ3n) is 4.23. The van der Waals surface area contributed by atoms with E-state index in [0.717, 1.165) is 12.2 Å². The summed E-state index contributed by atoms with van der Waals surface area (Å²) in [5, 5.41) is 4.92. The molecule has 0 bridgehead atoms. The van der Waals surface area contributed by atoms with Gasteiger partial charge in [-0.1, -0.05) is 0 Å². The summed E-state index contributed by atoms with van der Waals surface area (Å²) in [7, 11) is 2.49. The Morgan fingerprint density at radius 3 is 1.25 bits per heavy atom. The Morgan fingerprint density at radius 2 is 0.944 bits per heavy atom. The van der Waals surface area contributed by atoms with E-state index in [0.29, 0.717) is 22.5 Å². The molecular weight excluding hydrogens is 476 g/mol. The fourth-order valence-corrected chi connectivity index (χ4v) is 2.51. The SMILES string of the molecule is COC(=O)c1ccc(NC(=O)COC(=O)/C=C/C(=O)OCC(=O)Nc2ccc(C(=O)OC)cc2)cc1. The number of methoxy groups -OCH3 is 2. The molecule has 36 heavy (non-hydrogen) atoms. The van der Waals surface area contributed by atoms with Gasteiger partial charge in [-0.2, -0.15) is 0 Å². The van der Waals surface area contributed by atoms with Crippen molar-refractivity contribution in [1.82, 2.24) is 0 Å². The number of hydrogen-bond donors (Lipinski definition) is 2. The predicted molar refractivity (Wildman–Crippen MR) is 124 cm³/mol. The largest absolute Gasteiger partial charge is 0.465 e. The third kappa shape index (κ3) is 9.09. The van der Waals surface area contributed by atoms with Crippen molar-refractivity contribution in [3.05, 3.63) is 71.8 Å². The lowest BCUT2D eigenvalue weighted by Crippen LogP contribution is -2.21. The van der Waals surface area contributed by atoms with Crippen molar-refractivity contribution in [3.8, 4) is 0 Å². The van der Waals surface area contributed by atoms with Gasteiger partial charge in [-0.05, 0) is 48.5 Å². The molecule has 0 aliphatic heterocycles. The van der Waals surface area contributed by atoms with Crippen molar-refractivity contribution < 1.29 is 47.7 Å². The molecule has 0 saturated heterocycles. The Hall–Kier alpha value is -5.00. The van der Waals surface area contributed by atoms with E-state index in [1.807, 2.05) is 0 Å². The van der Waals surface area contributed by atoms with Gasteiger partial charge in [0.05, 0.1) is 25.3 Å². The van der Waals surface area contributed by atoms with E-state index in [1.54, 1.807) is 0 Å². The van der Waals surface area contributed by atoms with Crippen molar-refractivity contribution in [3.63, 3.8) is 0 Å². The molecule has 2 rings (SSSR count). The molecule has 0 radical (unpaired) electrons. The highest BCUT2D eigenvalue weighted by molar-refractivity contribution is 5.97. The first-order chi connectivity index (χ1) is 17.2. The number of hydrogen-bond acceptors (Lipinski definition) is 10. The van der Waals surface area contributed by atoms with Crippen LogP contribution in [0.1, 0.15) is 20.7 Å². The van der Waals surface area contributed by atoms with Crippen LogP contribution in [0.15, 0.2) is 60.7 Å². The molecule has 188 valence electrons. The number of anilines is 2.